The molecule has 1 atom stereocenters. The minimum Gasteiger partial charge on any atom is -0.354 e. The van der Waals surface area contributed by atoms with E-state index >= 15 is 0 Å². The van der Waals surface area contributed by atoms with Crippen LogP contribution >= 0.6 is 0 Å². The summed E-state index contributed by atoms with van der Waals surface area (Å²) in [5.74, 6) is 1.20. The van der Waals surface area contributed by atoms with Crippen molar-refractivity contribution in [2.45, 2.75) is 58.2 Å². The van der Waals surface area contributed by atoms with Crippen LogP contribution < -0.4 is 4.90 Å². The van der Waals surface area contributed by atoms with Gasteiger partial charge in [0.1, 0.15) is 12.1 Å². The lowest BCUT2D eigenvalue weighted by Crippen LogP contribution is -2.52. The fraction of sp³-hybridized carbons (Fsp3) is 0.583. The zero-order chi connectivity index (χ0) is 19.8. The Hall–Kier alpha value is -1.98. The van der Waals surface area contributed by atoms with Gasteiger partial charge in [0.15, 0.2) is 0 Å². The molecule has 2 fully saturated rings. The Morgan fingerprint density at radius 1 is 1.03 bits per heavy atom. The fourth-order valence-corrected chi connectivity index (χ4v) is 5.15. The average molecular weight is 392 g/mol. The highest BCUT2D eigenvalue weighted by atomic mass is 15.3. The molecule has 29 heavy (non-hydrogen) atoms. The van der Waals surface area contributed by atoms with Gasteiger partial charge in [0.25, 0.3) is 0 Å². The molecular formula is C24H33N5. The topological polar surface area (TPSA) is 35.5 Å². The summed E-state index contributed by atoms with van der Waals surface area (Å²) in [5, 5.41) is 0. The summed E-state index contributed by atoms with van der Waals surface area (Å²) in [6.07, 6.45) is 7.05. The van der Waals surface area contributed by atoms with Crippen molar-refractivity contribution < 1.29 is 0 Å². The molecule has 0 amide bonds. The Kier molecular flexibility index (Phi) is 5.27. The van der Waals surface area contributed by atoms with Crippen LogP contribution in [-0.2, 0) is 13.0 Å². The van der Waals surface area contributed by atoms with E-state index in [0.717, 1.165) is 38.6 Å². The molecular weight excluding hydrogens is 358 g/mol. The first kappa shape index (κ1) is 19.0. The number of anilines is 1. The maximum atomic E-state index is 4.74. The van der Waals surface area contributed by atoms with Gasteiger partial charge in [0, 0.05) is 56.9 Å². The van der Waals surface area contributed by atoms with Crippen LogP contribution in [0.5, 0.6) is 0 Å². The lowest BCUT2D eigenvalue weighted by atomic mass is 9.91. The van der Waals surface area contributed by atoms with E-state index in [-0.39, 0.29) is 0 Å². The van der Waals surface area contributed by atoms with E-state index in [2.05, 4.69) is 52.8 Å². The average Bonchev–Trinajstić information content (AvgIpc) is 2.72. The smallest absolute Gasteiger partial charge is 0.135 e. The summed E-state index contributed by atoms with van der Waals surface area (Å²) >= 11 is 0. The van der Waals surface area contributed by atoms with Gasteiger partial charge in [-0.15, -0.1) is 0 Å². The summed E-state index contributed by atoms with van der Waals surface area (Å²) in [7, 11) is 0. The number of aromatic nitrogens is 2. The summed E-state index contributed by atoms with van der Waals surface area (Å²) in [6.45, 7) is 11.0. The molecule has 0 N–H and O–H groups in total. The highest BCUT2D eigenvalue weighted by Gasteiger charge is 2.31. The van der Waals surface area contributed by atoms with Crippen molar-refractivity contribution >= 4 is 5.82 Å². The molecule has 154 valence electrons. The van der Waals surface area contributed by atoms with Crippen molar-refractivity contribution in [1.82, 2.24) is 19.8 Å². The van der Waals surface area contributed by atoms with Crippen LogP contribution in [0.3, 0.4) is 0 Å². The van der Waals surface area contributed by atoms with Crippen molar-refractivity contribution in [3.63, 3.8) is 0 Å². The molecule has 1 aliphatic carbocycles. The lowest BCUT2D eigenvalue weighted by molar-refractivity contribution is 0.120. The van der Waals surface area contributed by atoms with Gasteiger partial charge in [-0.3, -0.25) is 9.80 Å². The molecule has 3 aliphatic rings. The Balaban J connectivity index is 1.29. The molecule has 1 unspecified atom stereocenters. The minimum atomic E-state index is 0.410. The van der Waals surface area contributed by atoms with Gasteiger partial charge < -0.3 is 4.90 Å². The zero-order valence-corrected chi connectivity index (χ0v) is 17.8. The quantitative estimate of drug-likeness (QED) is 0.796. The summed E-state index contributed by atoms with van der Waals surface area (Å²) < 4.78 is 0. The van der Waals surface area contributed by atoms with E-state index < -0.39 is 0 Å². The normalized spacial score (nSPS) is 22.2. The lowest BCUT2D eigenvalue weighted by Gasteiger charge is -2.44. The Morgan fingerprint density at radius 3 is 2.59 bits per heavy atom. The monoisotopic (exact) mass is 391 g/mol. The van der Waals surface area contributed by atoms with E-state index in [1.807, 2.05) is 0 Å². The number of fused-ring (bicyclic) bond motifs is 1. The third kappa shape index (κ3) is 3.78. The highest BCUT2D eigenvalue weighted by molar-refractivity contribution is 5.50. The number of benzene rings is 1. The molecule has 2 aliphatic heterocycles. The van der Waals surface area contributed by atoms with Crippen LogP contribution in [0.2, 0.25) is 0 Å². The number of hydrogen-bond donors (Lipinski definition) is 0. The van der Waals surface area contributed by atoms with Crippen molar-refractivity contribution in [3.8, 4) is 0 Å². The second-order valence-electron chi connectivity index (χ2n) is 9.04. The van der Waals surface area contributed by atoms with Crippen molar-refractivity contribution in [2.24, 2.45) is 0 Å². The fourth-order valence-electron chi connectivity index (χ4n) is 5.15. The van der Waals surface area contributed by atoms with Gasteiger partial charge in [-0.25, -0.2) is 9.97 Å². The number of hydrogen-bond acceptors (Lipinski definition) is 5. The number of aryl methyl sites for hydroxylation is 1. The van der Waals surface area contributed by atoms with Crippen LogP contribution in [0.4, 0.5) is 5.82 Å². The van der Waals surface area contributed by atoms with E-state index in [1.165, 1.54) is 60.6 Å². The Bertz CT molecular complexity index is 854. The number of nitrogens with zero attached hydrogens (tertiary/aromatic N) is 5. The first-order valence-electron chi connectivity index (χ1n) is 11.3. The molecule has 5 nitrogen and oxygen atoms in total. The second kappa shape index (κ2) is 8.04. The van der Waals surface area contributed by atoms with Gasteiger partial charge in [-0.2, -0.15) is 0 Å². The molecule has 0 bridgehead atoms. The van der Waals surface area contributed by atoms with Crippen molar-refractivity contribution in [1.29, 1.82) is 0 Å². The second-order valence-corrected chi connectivity index (χ2v) is 9.04. The molecule has 5 rings (SSSR count). The highest BCUT2D eigenvalue weighted by Crippen LogP contribution is 2.32. The third-order valence-electron chi connectivity index (χ3n) is 7.29. The standard InChI is InChI=1S/C24H33N5/c1-18-5-3-6-20(15-18)19(2)29-10-9-22-23(16-29)25-17-26-24(22)28-13-11-27(12-14-28)21-7-4-8-21/h3,5-6,15,17,19,21H,4,7-14,16H2,1-2H3. The van der Waals surface area contributed by atoms with E-state index in [0.29, 0.717) is 6.04 Å². The molecule has 5 heteroatoms. The largest absolute Gasteiger partial charge is 0.354 e. The summed E-state index contributed by atoms with van der Waals surface area (Å²) in [4.78, 5) is 17.2. The Labute approximate surface area is 174 Å². The molecule has 1 saturated heterocycles. The predicted molar refractivity (Wildman–Crippen MR) is 117 cm³/mol. The third-order valence-corrected chi connectivity index (χ3v) is 7.29. The molecule has 1 saturated carbocycles. The summed E-state index contributed by atoms with van der Waals surface area (Å²) in [5.41, 5.74) is 5.34. The van der Waals surface area contributed by atoms with Crippen LogP contribution in [0, 0.1) is 6.92 Å². The Morgan fingerprint density at radius 2 is 1.86 bits per heavy atom. The van der Waals surface area contributed by atoms with Crippen LogP contribution in [0.25, 0.3) is 0 Å². The molecule has 0 spiro atoms. The molecule has 1 aromatic carbocycles. The number of rotatable bonds is 4. The van der Waals surface area contributed by atoms with E-state index in [4.69, 9.17) is 9.97 Å². The van der Waals surface area contributed by atoms with Gasteiger partial charge in [-0.1, -0.05) is 36.2 Å². The van der Waals surface area contributed by atoms with Crippen molar-refractivity contribution in [3.05, 3.63) is 53.0 Å². The van der Waals surface area contributed by atoms with Crippen LogP contribution in [-0.4, -0.2) is 58.5 Å². The van der Waals surface area contributed by atoms with Crippen LogP contribution in [0.1, 0.15) is 54.6 Å². The van der Waals surface area contributed by atoms with Crippen LogP contribution in [0.15, 0.2) is 30.6 Å². The van der Waals surface area contributed by atoms with E-state index in [1.54, 1.807) is 6.33 Å². The van der Waals surface area contributed by atoms with Gasteiger partial charge in [0.05, 0.1) is 5.69 Å². The van der Waals surface area contributed by atoms with Gasteiger partial charge >= 0.3 is 0 Å². The van der Waals surface area contributed by atoms with Gasteiger partial charge in [-0.05, 0) is 38.7 Å². The molecule has 3 heterocycles. The van der Waals surface area contributed by atoms with E-state index in [9.17, 15) is 0 Å². The van der Waals surface area contributed by atoms with Crippen molar-refractivity contribution in [2.75, 3.05) is 37.6 Å². The SMILES string of the molecule is Cc1cccc(C(C)N2CCc3c(ncnc3N3CCN(C4CCC4)CC3)C2)c1. The molecule has 0 radical (unpaired) electrons. The first-order chi connectivity index (χ1) is 14.2. The maximum Gasteiger partial charge on any atom is 0.135 e. The maximum absolute atomic E-state index is 4.74. The number of piperazine rings is 1. The van der Waals surface area contributed by atoms with Gasteiger partial charge in [0.2, 0.25) is 0 Å². The molecule has 1 aromatic heterocycles. The summed E-state index contributed by atoms with van der Waals surface area (Å²) in [6, 6.07) is 10.2. The first-order valence-corrected chi connectivity index (χ1v) is 11.3. The zero-order valence-electron chi connectivity index (χ0n) is 17.8. The minimum absolute atomic E-state index is 0.410. The molecule has 2 aromatic rings. The predicted octanol–water partition coefficient (Wildman–Crippen LogP) is 3.58.